The first-order valence-corrected chi connectivity index (χ1v) is 9.41. The maximum atomic E-state index is 12.2. The summed E-state index contributed by atoms with van der Waals surface area (Å²) in [5, 5.41) is 2.83. The molecule has 0 aliphatic carbocycles. The van der Waals surface area contributed by atoms with E-state index in [9.17, 15) is 13.2 Å². The minimum Gasteiger partial charge on any atom is -0.324 e. The third kappa shape index (κ3) is 5.77. The van der Waals surface area contributed by atoms with Gasteiger partial charge in [-0.1, -0.05) is 38.0 Å². The molecule has 0 saturated heterocycles. The number of carbonyl (C=O) groups excluding carboxylic acids is 1. The largest absolute Gasteiger partial charge is 0.324 e. The number of benzene rings is 1. The normalized spacial score (nSPS) is 11.7. The maximum Gasteiger partial charge on any atom is 0.239 e. The lowest BCUT2D eigenvalue weighted by atomic mass is 10.1. The smallest absolute Gasteiger partial charge is 0.239 e. The molecule has 1 amide bonds. The van der Waals surface area contributed by atoms with Crippen LogP contribution in [-0.4, -0.2) is 38.0 Å². The molecule has 0 aliphatic rings. The highest BCUT2D eigenvalue weighted by atomic mass is 32.2. The van der Waals surface area contributed by atoms with Crippen LogP contribution < -0.4 is 5.32 Å². The van der Waals surface area contributed by atoms with E-state index in [0.717, 1.165) is 42.3 Å². The van der Waals surface area contributed by atoms with E-state index in [4.69, 9.17) is 0 Å². The molecule has 0 saturated carbocycles. The zero-order valence-electron chi connectivity index (χ0n) is 13.8. The van der Waals surface area contributed by atoms with E-state index in [1.165, 1.54) is 4.31 Å². The van der Waals surface area contributed by atoms with Crippen molar-refractivity contribution in [3.63, 3.8) is 0 Å². The van der Waals surface area contributed by atoms with Crippen molar-refractivity contribution in [3.8, 4) is 0 Å². The molecule has 5 nitrogen and oxygen atoms in total. The second-order valence-electron chi connectivity index (χ2n) is 5.62. The Morgan fingerprint density at radius 2 is 1.77 bits per heavy atom. The third-order valence-corrected chi connectivity index (χ3v) is 4.80. The molecule has 0 unspecified atom stereocenters. The minimum atomic E-state index is -3.38. The molecule has 1 rings (SSSR count). The number of hydrogen-bond donors (Lipinski definition) is 1. The van der Waals surface area contributed by atoms with E-state index >= 15 is 0 Å². The van der Waals surface area contributed by atoms with Crippen molar-refractivity contribution in [1.29, 1.82) is 0 Å². The van der Waals surface area contributed by atoms with Crippen LogP contribution in [0.4, 0.5) is 5.69 Å². The zero-order chi connectivity index (χ0) is 16.8. The summed E-state index contributed by atoms with van der Waals surface area (Å²) in [6.07, 6.45) is 3.86. The molecule has 0 bridgehead atoms. The zero-order valence-corrected chi connectivity index (χ0v) is 14.7. The molecule has 124 valence electrons. The highest BCUT2D eigenvalue weighted by molar-refractivity contribution is 7.88. The van der Waals surface area contributed by atoms with Crippen LogP contribution in [0.5, 0.6) is 0 Å². The summed E-state index contributed by atoms with van der Waals surface area (Å²) in [7, 11) is -3.38. The summed E-state index contributed by atoms with van der Waals surface area (Å²) in [5.74, 6) is -0.306. The van der Waals surface area contributed by atoms with Gasteiger partial charge in [-0.05, 0) is 31.4 Å². The van der Waals surface area contributed by atoms with Gasteiger partial charge in [0.15, 0.2) is 0 Å². The average Bonchev–Trinajstić information content (AvgIpc) is 2.41. The summed E-state index contributed by atoms with van der Waals surface area (Å²) in [5.41, 5.74) is 2.69. The number of amides is 1. The van der Waals surface area contributed by atoms with Gasteiger partial charge in [-0.25, -0.2) is 8.42 Å². The lowest BCUT2D eigenvalue weighted by molar-refractivity contribution is -0.116. The third-order valence-electron chi connectivity index (χ3n) is 3.55. The fourth-order valence-corrected chi connectivity index (χ4v) is 3.06. The Morgan fingerprint density at radius 1 is 1.18 bits per heavy atom. The standard InChI is InChI=1S/C16H26N2O3S/c1-5-6-7-11-18(22(4,20)21)12-15(19)17-16-13(2)9-8-10-14(16)3/h8-10H,5-7,11-12H2,1-4H3,(H,17,19). The second-order valence-corrected chi connectivity index (χ2v) is 7.60. The van der Waals surface area contributed by atoms with Crippen LogP contribution in [-0.2, 0) is 14.8 Å². The van der Waals surface area contributed by atoms with Crippen LogP contribution in [0.3, 0.4) is 0 Å². The van der Waals surface area contributed by atoms with Gasteiger partial charge in [-0.3, -0.25) is 4.79 Å². The highest BCUT2D eigenvalue weighted by Crippen LogP contribution is 2.19. The van der Waals surface area contributed by atoms with Crippen LogP contribution in [0.2, 0.25) is 0 Å². The molecule has 0 aromatic heterocycles. The quantitative estimate of drug-likeness (QED) is 0.747. The number of anilines is 1. The molecule has 0 heterocycles. The Kier molecular flexibility index (Phi) is 7.03. The SMILES string of the molecule is CCCCCN(CC(=O)Nc1c(C)cccc1C)S(C)(=O)=O. The van der Waals surface area contributed by atoms with E-state index in [0.29, 0.717) is 6.54 Å². The van der Waals surface area contributed by atoms with Crippen molar-refractivity contribution >= 4 is 21.6 Å². The van der Waals surface area contributed by atoms with Gasteiger partial charge in [-0.15, -0.1) is 0 Å². The number of sulfonamides is 1. The molecule has 1 N–H and O–H groups in total. The van der Waals surface area contributed by atoms with E-state index in [1.54, 1.807) is 0 Å². The van der Waals surface area contributed by atoms with Gasteiger partial charge in [0.1, 0.15) is 0 Å². The lowest BCUT2D eigenvalue weighted by Crippen LogP contribution is -2.38. The molecule has 6 heteroatoms. The number of unbranched alkanes of at least 4 members (excludes halogenated alkanes) is 2. The van der Waals surface area contributed by atoms with Crippen LogP contribution in [0.1, 0.15) is 37.3 Å². The van der Waals surface area contributed by atoms with Gasteiger partial charge in [-0.2, -0.15) is 4.31 Å². The predicted octanol–water partition coefficient (Wildman–Crippen LogP) is 2.69. The Morgan fingerprint density at radius 3 is 2.27 bits per heavy atom. The van der Waals surface area contributed by atoms with Gasteiger partial charge in [0.25, 0.3) is 0 Å². The summed E-state index contributed by atoms with van der Waals surface area (Å²) >= 11 is 0. The van der Waals surface area contributed by atoms with Crippen molar-refractivity contribution in [2.45, 2.75) is 40.0 Å². The predicted molar refractivity (Wildman–Crippen MR) is 90.5 cm³/mol. The van der Waals surface area contributed by atoms with Crippen molar-refractivity contribution < 1.29 is 13.2 Å². The van der Waals surface area contributed by atoms with E-state index in [2.05, 4.69) is 12.2 Å². The number of para-hydroxylation sites is 1. The lowest BCUT2D eigenvalue weighted by Gasteiger charge is -2.20. The Bertz CT molecular complexity index is 592. The summed E-state index contributed by atoms with van der Waals surface area (Å²) in [4.78, 5) is 12.2. The highest BCUT2D eigenvalue weighted by Gasteiger charge is 2.20. The van der Waals surface area contributed by atoms with Crippen molar-refractivity contribution in [1.82, 2.24) is 4.31 Å². The van der Waals surface area contributed by atoms with E-state index in [-0.39, 0.29) is 12.5 Å². The molecule has 0 radical (unpaired) electrons. The van der Waals surface area contributed by atoms with Gasteiger partial charge >= 0.3 is 0 Å². The second kappa shape index (κ2) is 8.29. The minimum absolute atomic E-state index is 0.143. The van der Waals surface area contributed by atoms with Crippen LogP contribution in [0.25, 0.3) is 0 Å². The van der Waals surface area contributed by atoms with Crippen molar-refractivity contribution in [3.05, 3.63) is 29.3 Å². The molecule has 1 aromatic carbocycles. The van der Waals surface area contributed by atoms with Crippen LogP contribution in [0, 0.1) is 13.8 Å². The molecular formula is C16H26N2O3S. The molecule has 22 heavy (non-hydrogen) atoms. The Balaban J connectivity index is 2.75. The van der Waals surface area contributed by atoms with Crippen molar-refractivity contribution in [2.75, 3.05) is 24.7 Å². The summed E-state index contributed by atoms with van der Waals surface area (Å²) in [6.45, 7) is 6.12. The molecule has 1 aromatic rings. The van der Waals surface area contributed by atoms with Gasteiger partial charge in [0.2, 0.25) is 15.9 Å². The van der Waals surface area contributed by atoms with E-state index in [1.807, 2.05) is 32.0 Å². The van der Waals surface area contributed by atoms with E-state index < -0.39 is 10.0 Å². The summed E-state index contributed by atoms with van der Waals surface area (Å²) < 4.78 is 24.8. The Hall–Kier alpha value is -1.40. The fraction of sp³-hybridized carbons (Fsp3) is 0.562. The number of hydrogen-bond acceptors (Lipinski definition) is 3. The van der Waals surface area contributed by atoms with Gasteiger partial charge < -0.3 is 5.32 Å². The maximum absolute atomic E-state index is 12.2. The van der Waals surface area contributed by atoms with Gasteiger partial charge in [0.05, 0.1) is 12.8 Å². The summed E-state index contributed by atoms with van der Waals surface area (Å²) in [6, 6.07) is 5.75. The molecule has 0 spiro atoms. The number of aryl methyl sites for hydroxylation is 2. The molecule has 0 aliphatic heterocycles. The number of carbonyl (C=O) groups is 1. The number of nitrogens with zero attached hydrogens (tertiary/aromatic N) is 1. The van der Waals surface area contributed by atoms with Gasteiger partial charge in [0, 0.05) is 12.2 Å². The molecule has 0 fully saturated rings. The first kappa shape index (κ1) is 18.6. The molecule has 0 atom stereocenters. The number of nitrogens with one attached hydrogen (secondary N) is 1. The monoisotopic (exact) mass is 326 g/mol. The first-order valence-electron chi connectivity index (χ1n) is 7.57. The fourth-order valence-electron chi connectivity index (χ4n) is 2.25. The topological polar surface area (TPSA) is 66.5 Å². The Labute approximate surface area is 133 Å². The van der Waals surface area contributed by atoms with Crippen LogP contribution >= 0.6 is 0 Å². The van der Waals surface area contributed by atoms with Crippen molar-refractivity contribution in [2.24, 2.45) is 0 Å². The average molecular weight is 326 g/mol. The first-order chi connectivity index (χ1) is 10.3. The number of rotatable bonds is 8. The molecular weight excluding hydrogens is 300 g/mol. The van der Waals surface area contributed by atoms with Crippen LogP contribution in [0.15, 0.2) is 18.2 Å².